The summed E-state index contributed by atoms with van der Waals surface area (Å²) in [7, 11) is -4.61. The molecule has 0 aromatic carbocycles. The zero-order chi connectivity index (χ0) is 39.8. The van der Waals surface area contributed by atoms with Gasteiger partial charge in [0, 0.05) is 12.8 Å². The molecule has 0 aliphatic heterocycles. The maximum absolute atomic E-state index is 12.6. The first kappa shape index (κ1) is 52.5. The van der Waals surface area contributed by atoms with Gasteiger partial charge < -0.3 is 24.6 Å². The second kappa shape index (κ2) is 39.7. The van der Waals surface area contributed by atoms with Gasteiger partial charge in [-0.2, -0.15) is 0 Å². The predicted octanol–water partition coefficient (Wildman–Crippen LogP) is 11.4. The normalized spacial score (nSPS) is 14.1. The molecule has 11 heteroatoms. The summed E-state index contributed by atoms with van der Waals surface area (Å²) in [6, 6.07) is 0. The third-order valence-corrected chi connectivity index (χ3v) is 10.3. The minimum Gasteiger partial charge on any atom is -0.462 e. The van der Waals surface area contributed by atoms with E-state index >= 15 is 0 Å². The molecule has 0 radical (unpaired) electrons. The van der Waals surface area contributed by atoms with Gasteiger partial charge in [0.1, 0.15) is 12.7 Å². The number of unbranched alkanes of at least 4 members (excludes halogenated alkanes) is 23. The molecule has 0 saturated heterocycles. The predicted molar refractivity (Wildman–Crippen MR) is 219 cm³/mol. The quantitative estimate of drug-likeness (QED) is 0.0236. The summed E-state index contributed by atoms with van der Waals surface area (Å²) in [5.74, 6) is -0.927. The van der Waals surface area contributed by atoms with Gasteiger partial charge in [0.2, 0.25) is 0 Å². The van der Waals surface area contributed by atoms with Gasteiger partial charge in [0.05, 0.1) is 19.8 Å². The number of carbonyl (C=O) groups is 2. The van der Waals surface area contributed by atoms with Gasteiger partial charge in [-0.25, -0.2) is 4.57 Å². The highest BCUT2D eigenvalue weighted by atomic mass is 31.2. The molecular formula is C43H81O10P. The van der Waals surface area contributed by atoms with Crippen molar-refractivity contribution in [3.8, 4) is 0 Å². The SMILES string of the molecule is CCCCCC/C=C\C/C=C\CCCCCCCCCC(=O)OC(COC(=O)CCCCCCCCCCCCCCC)COP(=O)(O)OCC(O)CO. The van der Waals surface area contributed by atoms with Crippen LogP contribution in [0.25, 0.3) is 0 Å². The Kier molecular flexibility index (Phi) is 38.5. The van der Waals surface area contributed by atoms with Crippen molar-refractivity contribution in [2.24, 2.45) is 0 Å². The highest BCUT2D eigenvalue weighted by Crippen LogP contribution is 2.43. The number of carbonyl (C=O) groups excluding carboxylic acids is 2. The molecule has 0 amide bonds. The van der Waals surface area contributed by atoms with Crippen molar-refractivity contribution in [2.45, 2.75) is 212 Å². The lowest BCUT2D eigenvalue weighted by Gasteiger charge is -2.20. The van der Waals surface area contributed by atoms with E-state index in [9.17, 15) is 24.2 Å². The van der Waals surface area contributed by atoms with Crippen molar-refractivity contribution in [1.82, 2.24) is 0 Å². The number of hydrogen-bond acceptors (Lipinski definition) is 9. The zero-order valence-electron chi connectivity index (χ0n) is 34.4. The van der Waals surface area contributed by atoms with Gasteiger partial charge in [-0.3, -0.25) is 18.6 Å². The number of aliphatic hydroxyl groups excluding tert-OH is 2. The second-order valence-electron chi connectivity index (χ2n) is 14.7. The number of phosphoric ester groups is 1. The number of allylic oxidation sites excluding steroid dienone is 4. The third-order valence-electron chi connectivity index (χ3n) is 9.36. The van der Waals surface area contributed by atoms with Gasteiger partial charge in [0.15, 0.2) is 6.10 Å². The summed E-state index contributed by atoms with van der Waals surface area (Å²) >= 11 is 0. The van der Waals surface area contributed by atoms with E-state index in [-0.39, 0.29) is 19.4 Å². The van der Waals surface area contributed by atoms with Gasteiger partial charge in [0.25, 0.3) is 0 Å². The maximum atomic E-state index is 12.6. The second-order valence-corrected chi connectivity index (χ2v) is 16.2. The smallest absolute Gasteiger partial charge is 0.462 e. The van der Waals surface area contributed by atoms with Gasteiger partial charge in [-0.05, 0) is 44.9 Å². The molecule has 318 valence electrons. The largest absolute Gasteiger partial charge is 0.472 e. The maximum Gasteiger partial charge on any atom is 0.472 e. The van der Waals surface area contributed by atoms with Crippen LogP contribution in [-0.4, -0.2) is 65.7 Å². The van der Waals surface area contributed by atoms with Crippen LogP contribution < -0.4 is 0 Å². The Morgan fingerprint density at radius 3 is 1.44 bits per heavy atom. The molecule has 0 aromatic heterocycles. The molecule has 0 aliphatic carbocycles. The number of ether oxygens (including phenoxy) is 2. The molecule has 0 spiro atoms. The van der Waals surface area contributed by atoms with Crippen LogP contribution in [-0.2, 0) is 32.7 Å². The standard InChI is InChI=1S/C43H81O10P/c1-3-5-7-9-11-13-15-17-18-19-20-21-23-25-27-29-31-33-35-43(47)53-41(39-52-54(48,49)51-37-40(45)36-44)38-50-42(46)34-32-30-28-26-24-22-16-14-12-10-8-6-4-2/h13,15,18-19,40-41,44-45H,3-12,14,16-17,20-39H2,1-2H3,(H,48,49)/b15-13-,19-18-. The number of aliphatic hydroxyl groups is 2. The van der Waals surface area contributed by atoms with Crippen molar-refractivity contribution < 1.29 is 47.8 Å². The Morgan fingerprint density at radius 2 is 0.963 bits per heavy atom. The lowest BCUT2D eigenvalue weighted by molar-refractivity contribution is -0.161. The van der Waals surface area contributed by atoms with E-state index in [0.717, 1.165) is 51.4 Å². The summed E-state index contributed by atoms with van der Waals surface area (Å²) in [6.07, 6.45) is 38.5. The molecular weight excluding hydrogens is 707 g/mol. The average molecular weight is 789 g/mol. The van der Waals surface area contributed by atoms with Crippen molar-refractivity contribution in [3.05, 3.63) is 24.3 Å². The fraction of sp³-hybridized carbons (Fsp3) is 0.860. The van der Waals surface area contributed by atoms with Gasteiger partial charge in [-0.1, -0.05) is 167 Å². The molecule has 0 bridgehead atoms. The Hall–Kier alpha value is -1.55. The van der Waals surface area contributed by atoms with E-state index in [0.29, 0.717) is 12.8 Å². The van der Waals surface area contributed by atoms with Gasteiger partial charge >= 0.3 is 19.8 Å². The number of hydrogen-bond donors (Lipinski definition) is 3. The summed E-state index contributed by atoms with van der Waals surface area (Å²) in [5, 5.41) is 18.3. The number of esters is 2. The summed E-state index contributed by atoms with van der Waals surface area (Å²) in [4.78, 5) is 35.0. The molecule has 3 N–H and O–H groups in total. The Bertz CT molecular complexity index is 957. The van der Waals surface area contributed by atoms with Crippen molar-refractivity contribution in [2.75, 3.05) is 26.4 Å². The molecule has 0 aromatic rings. The van der Waals surface area contributed by atoms with Crippen molar-refractivity contribution in [1.29, 1.82) is 0 Å². The molecule has 54 heavy (non-hydrogen) atoms. The zero-order valence-corrected chi connectivity index (χ0v) is 35.3. The van der Waals surface area contributed by atoms with E-state index in [2.05, 4.69) is 42.7 Å². The van der Waals surface area contributed by atoms with Crippen molar-refractivity contribution in [3.63, 3.8) is 0 Å². The van der Waals surface area contributed by atoms with Crippen LogP contribution in [0.5, 0.6) is 0 Å². The minimum absolute atomic E-state index is 0.178. The highest BCUT2D eigenvalue weighted by Gasteiger charge is 2.27. The third kappa shape index (κ3) is 38.7. The van der Waals surface area contributed by atoms with Crippen LogP contribution >= 0.6 is 7.82 Å². The Labute approximate surface area is 329 Å². The van der Waals surface area contributed by atoms with Crippen LogP contribution in [0.1, 0.15) is 200 Å². The van der Waals surface area contributed by atoms with Gasteiger partial charge in [-0.15, -0.1) is 0 Å². The molecule has 0 saturated carbocycles. The lowest BCUT2D eigenvalue weighted by Crippen LogP contribution is -2.29. The van der Waals surface area contributed by atoms with E-state index in [4.69, 9.17) is 19.1 Å². The topological polar surface area (TPSA) is 149 Å². The first-order chi connectivity index (χ1) is 26.2. The minimum atomic E-state index is -4.61. The van der Waals surface area contributed by atoms with E-state index in [1.807, 2.05) is 0 Å². The fourth-order valence-corrected chi connectivity index (χ4v) is 6.75. The summed E-state index contributed by atoms with van der Waals surface area (Å²) in [5.41, 5.74) is 0. The van der Waals surface area contributed by atoms with Crippen LogP contribution in [0.15, 0.2) is 24.3 Å². The first-order valence-electron chi connectivity index (χ1n) is 21.8. The number of rotatable bonds is 41. The van der Waals surface area contributed by atoms with Crippen LogP contribution in [0.2, 0.25) is 0 Å². The fourth-order valence-electron chi connectivity index (χ4n) is 5.96. The average Bonchev–Trinajstić information content (AvgIpc) is 3.16. The van der Waals surface area contributed by atoms with E-state index < -0.39 is 51.8 Å². The molecule has 3 unspecified atom stereocenters. The lowest BCUT2D eigenvalue weighted by atomic mass is 10.0. The molecule has 0 aliphatic rings. The monoisotopic (exact) mass is 789 g/mol. The van der Waals surface area contributed by atoms with Crippen molar-refractivity contribution >= 4 is 19.8 Å². The van der Waals surface area contributed by atoms with E-state index in [1.54, 1.807) is 0 Å². The van der Waals surface area contributed by atoms with Crippen LogP contribution in [0.4, 0.5) is 0 Å². The molecule has 3 atom stereocenters. The highest BCUT2D eigenvalue weighted by molar-refractivity contribution is 7.47. The molecule has 0 heterocycles. The van der Waals surface area contributed by atoms with E-state index in [1.165, 1.54) is 109 Å². The summed E-state index contributed by atoms with van der Waals surface area (Å²) in [6.45, 7) is 2.37. The van der Waals surface area contributed by atoms with Crippen LogP contribution in [0, 0.1) is 0 Å². The molecule has 10 nitrogen and oxygen atoms in total. The van der Waals surface area contributed by atoms with Crippen LogP contribution in [0.3, 0.4) is 0 Å². The Balaban J connectivity index is 4.29. The summed E-state index contributed by atoms with van der Waals surface area (Å²) < 4.78 is 32.7. The number of phosphoric acid groups is 1. The first-order valence-corrected chi connectivity index (χ1v) is 23.3. The molecule has 0 fully saturated rings. The molecule has 0 rings (SSSR count). The Morgan fingerprint density at radius 1 is 0.556 bits per heavy atom.